The van der Waals surface area contributed by atoms with Crippen LogP contribution in [0.1, 0.15) is 37.2 Å². The summed E-state index contributed by atoms with van der Waals surface area (Å²) in [6, 6.07) is 0. The smallest absolute Gasteiger partial charge is 0.238 e. The molecule has 0 saturated heterocycles. The van der Waals surface area contributed by atoms with E-state index in [1.54, 1.807) is 17.6 Å². The van der Waals surface area contributed by atoms with Gasteiger partial charge in [-0.15, -0.1) is 11.3 Å². The van der Waals surface area contributed by atoms with E-state index in [1.165, 1.54) is 0 Å². The zero-order chi connectivity index (χ0) is 13.3. The monoisotopic (exact) mass is 265 g/mol. The summed E-state index contributed by atoms with van der Waals surface area (Å²) in [5.74, 6) is 0.670. The third-order valence-corrected chi connectivity index (χ3v) is 3.51. The van der Waals surface area contributed by atoms with Gasteiger partial charge in [0.2, 0.25) is 5.89 Å². The molecule has 98 valence electrons. The van der Waals surface area contributed by atoms with Crippen LogP contribution in [0.4, 0.5) is 0 Å². The van der Waals surface area contributed by atoms with Crippen LogP contribution >= 0.6 is 11.3 Å². The predicted molar refractivity (Wildman–Crippen MR) is 73.7 cm³/mol. The minimum Gasteiger partial charge on any atom is -0.443 e. The molecule has 0 aliphatic carbocycles. The van der Waals surface area contributed by atoms with Gasteiger partial charge in [-0.25, -0.2) is 9.97 Å². The van der Waals surface area contributed by atoms with Gasteiger partial charge in [-0.2, -0.15) is 0 Å². The molecule has 18 heavy (non-hydrogen) atoms. The van der Waals surface area contributed by atoms with E-state index in [2.05, 4.69) is 36.1 Å². The van der Waals surface area contributed by atoms with Crippen LogP contribution in [0.25, 0.3) is 10.8 Å². The molecule has 5 heteroatoms. The van der Waals surface area contributed by atoms with Crippen LogP contribution in [0.3, 0.4) is 0 Å². The van der Waals surface area contributed by atoms with Gasteiger partial charge in [-0.1, -0.05) is 0 Å². The number of aromatic nitrogens is 2. The van der Waals surface area contributed by atoms with E-state index in [0.29, 0.717) is 12.4 Å². The molecule has 2 rings (SSSR count). The SMILES string of the molecule is Cc1nc(C)c(-c2nc(CNC(C)(C)C)co2)s1. The Morgan fingerprint density at radius 1 is 1.28 bits per heavy atom. The maximum absolute atomic E-state index is 5.53. The van der Waals surface area contributed by atoms with E-state index in [1.807, 2.05) is 13.8 Å². The fourth-order valence-corrected chi connectivity index (χ4v) is 2.43. The van der Waals surface area contributed by atoms with Gasteiger partial charge < -0.3 is 9.73 Å². The predicted octanol–water partition coefficient (Wildman–Crippen LogP) is 3.30. The van der Waals surface area contributed by atoms with Crippen molar-refractivity contribution in [1.29, 1.82) is 0 Å². The van der Waals surface area contributed by atoms with Crippen molar-refractivity contribution in [3.63, 3.8) is 0 Å². The molecule has 2 aromatic heterocycles. The second-order valence-electron chi connectivity index (χ2n) is 5.39. The first-order valence-corrected chi connectivity index (χ1v) is 6.80. The van der Waals surface area contributed by atoms with Gasteiger partial charge in [0, 0.05) is 12.1 Å². The molecule has 0 aliphatic rings. The number of hydrogen-bond acceptors (Lipinski definition) is 5. The first-order chi connectivity index (χ1) is 8.35. The Hall–Kier alpha value is -1.20. The molecule has 0 atom stereocenters. The maximum Gasteiger partial charge on any atom is 0.238 e. The number of thiazole rings is 1. The van der Waals surface area contributed by atoms with Crippen molar-refractivity contribution in [3.05, 3.63) is 22.7 Å². The molecular weight excluding hydrogens is 246 g/mol. The molecule has 0 aromatic carbocycles. The van der Waals surface area contributed by atoms with Crippen LogP contribution in [-0.2, 0) is 6.54 Å². The van der Waals surface area contributed by atoms with Crippen LogP contribution < -0.4 is 5.32 Å². The number of rotatable bonds is 3. The average Bonchev–Trinajstić information content (AvgIpc) is 2.81. The van der Waals surface area contributed by atoms with Crippen molar-refractivity contribution in [1.82, 2.24) is 15.3 Å². The van der Waals surface area contributed by atoms with Crippen molar-refractivity contribution in [2.45, 2.75) is 46.7 Å². The number of aryl methyl sites for hydroxylation is 2. The lowest BCUT2D eigenvalue weighted by Gasteiger charge is -2.19. The van der Waals surface area contributed by atoms with Gasteiger partial charge in [0.1, 0.15) is 11.1 Å². The van der Waals surface area contributed by atoms with Crippen molar-refractivity contribution >= 4 is 11.3 Å². The quantitative estimate of drug-likeness (QED) is 0.925. The molecule has 0 amide bonds. The second kappa shape index (κ2) is 4.82. The summed E-state index contributed by atoms with van der Waals surface area (Å²) in [4.78, 5) is 9.91. The largest absolute Gasteiger partial charge is 0.443 e. The van der Waals surface area contributed by atoms with Gasteiger partial charge >= 0.3 is 0 Å². The summed E-state index contributed by atoms with van der Waals surface area (Å²) in [5, 5.41) is 4.43. The molecule has 0 radical (unpaired) electrons. The third-order valence-electron chi connectivity index (χ3n) is 2.45. The Balaban J connectivity index is 2.13. The highest BCUT2D eigenvalue weighted by Gasteiger charge is 2.15. The molecule has 1 N–H and O–H groups in total. The number of oxazole rings is 1. The molecule has 0 unspecified atom stereocenters. The van der Waals surface area contributed by atoms with Gasteiger partial charge in [-0.05, 0) is 34.6 Å². The molecule has 0 saturated carbocycles. The molecule has 0 bridgehead atoms. The van der Waals surface area contributed by atoms with Crippen molar-refractivity contribution in [3.8, 4) is 10.8 Å². The zero-order valence-electron chi connectivity index (χ0n) is 11.5. The number of hydrogen-bond donors (Lipinski definition) is 1. The molecule has 0 fully saturated rings. The summed E-state index contributed by atoms with van der Waals surface area (Å²) in [5.41, 5.74) is 1.98. The second-order valence-corrected chi connectivity index (χ2v) is 6.60. The molecular formula is C13H19N3OS. The molecule has 0 spiro atoms. The normalized spacial score (nSPS) is 12.1. The summed E-state index contributed by atoms with van der Waals surface area (Å²) in [6.07, 6.45) is 1.71. The summed E-state index contributed by atoms with van der Waals surface area (Å²) in [6.45, 7) is 11.1. The van der Waals surface area contributed by atoms with E-state index < -0.39 is 0 Å². The van der Waals surface area contributed by atoms with Crippen molar-refractivity contribution in [2.75, 3.05) is 0 Å². The lowest BCUT2D eigenvalue weighted by Crippen LogP contribution is -2.35. The van der Waals surface area contributed by atoms with Gasteiger partial charge in [0.25, 0.3) is 0 Å². The van der Waals surface area contributed by atoms with Gasteiger partial charge in [0.15, 0.2) is 0 Å². The minimum atomic E-state index is 0.0795. The van der Waals surface area contributed by atoms with Gasteiger partial charge in [0.05, 0.1) is 16.4 Å². The highest BCUT2D eigenvalue weighted by Crippen LogP contribution is 2.28. The molecule has 4 nitrogen and oxygen atoms in total. The Bertz CT molecular complexity index is 537. The lowest BCUT2D eigenvalue weighted by atomic mass is 10.1. The number of nitrogens with one attached hydrogen (secondary N) is 1. The van der Waals surface area contributed by atoms with Crippen LogP contribution in [0.5, 0.6) is 0 Å². The Morgan fingerprint density at radius 3 is 2.56 bits per heavy atom. The lowest BCUT2D eigenvalue weighted by molar-refractivity contribution is 0.421. The number of nitrogens with zero attached hydrogens (tertiary/aromatic N) is 2. The fraction of sp³-hybridized carbons (Fsp3) is 0.538. The van der Waals surface area contributed by atoms with Crippen molar-refractivity contribution in [2.24, 2.45) is 0 Å². The van der Waals surface area contributed by atoms with E-state index in [0.717, 1.165) is 21.3 Å². The molecule has 0 aliphatic heterocycles. The Kier molecular flexibility index (Phi) is 3.54. The standard InChI is InChI=1S/C13H19N3OS/c1-8-11(18-9(2)15-8)12-16-10(7-17-12)6-14-13(3,4)5/h7,14H,6H2,1-5H3. The van der Waals surface area contributed by atoms with Gasteiger partial charge in [-0.3, -0.25) is 0 Å². The van der Waals surface area contributed by atoms with E-state index >= 15 is 0 Å². The molecule has 2 heterocycles. The van der Waals surface area contributed by atoms with E-state index in [4.69, 9.17) is 4.42 Å². The van der Waals surface area contributed by atoms with Crippen LogP contribution in [0.15, 0.2) is 10.7 Å². The van der Waals surface area contributed by atoms with Crippen molar-refractivity contribution < 1.29 is 4.42 Å². The topological polar surface area (TPSA) is 51.0 Å². The van der Waals surface area contributed by atoms with E-state index in [-0.39, 0.29) is 5.54 Å². The maximum atomic E-state index is 5.53. The zero-order valence-corrected chi connectivity index (χ0v) is 12.3. The summed E-state index contributed by atoms with van der Waals surface area (Å²) >= 11 is 1.62. The average molecular weight is 265 g/mol. The van der Waals surface area contributed by atoms with E-state index in [9.17, 15) is 0 Å². The first kappa shape index (κ1) is 13.2. The Labute approximate surface area is 111 Å². The third kappa shape index (κ3) is 3.17. The fourth-order valence-electron chi connectivity index (χ4n) is 1.58. The summed E-state index contributed by atoms with van der Waals surface area (Å²) in [7, 11) is 0. The highest BCUT2D eigenvalue weighted by atomic mass is 32.1. The molecule has 2 aromatic rings. The first-order valence-electron chi connectivity index (χ1n) is 5.99. The van der Waals surface area contributed by atoms with Crippen LogP contribution in [0.2, 0.25) is 0 Å². The Morgan fingerprint density at radius 2 is 2.00 bits per heavy atom. The van der Waals surface area contributed by atoms with Crippen LogP contribution in [-0.4, -0.2) is 15.5 Å². The highest BCUT2D eigenvalue weighted by molar-refractivity contribution is 7.15. The van der Waals surface area contributed by atoms with Crippen LogP contribution in [0, 0.1) is 13.8 Å². The summed E-state index contributed by atoms with van der Waals surface area (Å²) < 4.78 is 5.53. The minimum absolute atomic E-state index is 0.0795.